The first-order valence-corrected chi connectivity index (χ1v) is 16.9. The topological polar surface area (TPSA) is 29.6 Å². The summed E-state index contributed by atoms with van der Waals surface area (Å²) < 4.78 is 2.38. The molecule has 3 nitrogen and oxygen atoms in total. The van der Waals surface area contributed by atoms with Crippen LogP contribution in [0.25, 0.3) is 54.7 Å². The highest BCUT2D eigenvalue weighted by atomic mass is 15.0. The maximum absolute atomic E-state index is 5.15. The minimum absolute atomic E-state index is 0.601. The van der Waals surface area contributed by atoms with Crippen molar-refractivity contribution in [2.75, 3.05) is 0 Å². The van der Waals surface area contributed by atoms with Crippen LogP contribution < -0.4 is 0 Å². The van der Waals surface area contributed by atoms with Crippen LogP contribution in [0, 0.1) is 0 Å². The van der Waals surface area contributed by atoms with Gasteiger partial charge in [-0.15, -0.1) is 0 Å². The summed E-state index contributed by atoms with van der Waals surface area (Å²) in [6, 6.07) is 63.7. The van der Waals surface area contributed by atoms with Crippen molar-refractivity contribution < 1.29 is 0 Å². The van der Waals surface area contributed by atoms with Gasteiger partial charge in [0, 0.05) is 27.7 Å². The summed E-state index contributed by atoms with van der Waals surface area (Å²) in [5.41, 5.74) is 7.61. The number of para-hydroxylation sites is 2. The average Bonchev–Trinajstić information content (AvgIpc) is 3.23. The van der Waals surface area contributed by atoms with Crippen molar-refractivity contribution in [3.05, 3.63) is 205 Å². The number of rotatable bonds is 5. The number of hydrogen-bond acceptors (Lipinski definition) is 1. The lowest BCUT2D eigenvalue weighted by atomic mass is 10.0. The quantitative estimate of drug-likeness (QED) is 0.132. The Hall–Kier alpha value is -6.58. The number of aromatic nitrogens is 1. The summed E-state index contributed by atoms with van der Waals surface area (Å²) >= 11 is 0. The molecule has 0 unspecified atom stereocenters. The van der Waals surface area contributed by atoms with Crippen molar-refractivity contribution in [2.45, 2.75) is 6.92 Å². The van der Waals surface area contributed by atoms with E-state index in [1.54, 1.807) is 0 Å². The summed E-state index contributed by atoms with van der Waals surface area (Å²) in [6.45, 7) is 6.38. The predicted octanol–water partition coefficient (Wildman–Crippen LogP) is 12.1. The number of fused-ring (bicyclic) bond motifs is 7. The molecule has 0 amide bonds. The Balaban J connectivity index is 1.46. The molecule has 238 valence electrons. The Labute approximate surface area is 292 Å². The summed E-state index contributed by atoms with van der Waals surface area (Å²) in [4.78, 5) is 10.2. The van der Waals surface area contributed by atoms with Crippen LogP contribution in [0.1, 0.15) is 23.6 Å². The second-order valence-electron chi connectivity index (χ2n) is 12.3. The van der Waals surface area contributed by atoms with Gasteiger partial charge >= 0.3 is 0 Å². The van der Waals surface area contributed by atoms with Gasteiger partial charge in [-0.2, -0.15) is 0 Å². The lowest BCUT2D eigenvalue weighted by Crippen LogP contribution is -2.06. The van der Waals surface area contributed by atoms with Gasteiger partial charge in [0.2, 0.25) is 0 Å². The number of benzene rings is 7. The largest absolute Gasteiger partial charge is 0.309 e. The maximum Gasteiger partial charge on any atom is 0.160 e. The summed E-state index contributed by atoms with van der Waals surface area (Å²) in [6.07, 6.45) is 0. The van der Waals surface area contributed by atoms with E-state index in [1.165, 1.54) is 21.5 Å². The molecule has 0 saturated heterocycles. The van der Waals surface area contributed by atoms with E-state index in [2.05, 4.69) is 145 Å². The molecule has 1 heterocycles. The van der Waals surface area contributed by atoms with Gasteiger partial charge in [-0.3, -0.25) is 0 Å². The second-order valence-corrected chi connectivity index (χ2v) is 12.3. The molecule has 0 radical (unpaired) electrons. The third kappa shape index (κ3) is 5.86. The summed E-state index contributed by atoms with van der Waals surface area (Å²) in [5.74, 6) is 0.601. The van der Waals surface area contributed by atoms with Crippen LogP contribution in [0.15, 0.2) is 199 Å². The van der Waals surface area contributed by atoms with E-state index in [-0.39, 0.29) is 0 Å². The van der Waals surface area contributed by atoms with Gasteiger partial charge in [-0.1, -0.05) is 164 Å². The predicted molar refractivity (Wildman–Crippen MR) is 214 cm³/mol. The fourth-order valence-electron chi connectivity index (χ4n) is 6.77. The molecule has 8 aromatic rings. The molecule has 0 aliphatic rings. The first-order valence-electron chi connectivity index (χ1n) is 16.9. The molecule has 0 fully saturated rings. The van der Waals surface area contributed by atoms with Crippen molar-refractivity contribution in [1.29, 1.82) is 0 Å². The molecule has 1 aromatic heterocycles. The SMILES string of the molecule is C=C(N=C(N=C(C)c1ccccc1)c1cccc(-n2c3ccccc3c3ccccc3c3ccccc3c3ccccc32)c1)c1ccccc1. The molecule has 0 aliphatic carbocycles. The fraction of sp³-hybridized carbons (Fsp3) is 0.0213. The van der Waals surface area contributed by atoms with Gasteiger partial charge < -0.3 is 4.57 Å². The van der Waals surface area contributed by atoms with Crippen molar-refractivity contribution >= 4 is 60.6 Å². The number of nitrogens with zero attached hydrogens (tertiary/aromatic N) is 3. The molecule has 0 saturated carbocycles. The number of hydrogen-bond donors (Lipinski definition) is 0. The lowest BCUT2D eigenvalue weighted by Gasteiger charge is -2.15. The molecule has 0 spiro atoms. The van der Waals surface area contributed by atoms with Crippen molar-refractivity contribution in [3.63, 3.8) is 0 Å². The Kier molecular flexibility index (Phi) is 8.30. The highest BCUT2D eigenvalue weighted by molar-refractivity contribution is 6.19. The van der Waals surface area contributed by atoms with Crippen molar-refractivity contribution in [3.8, 4) is 5.69 Å². The third-order valence-electron chi connectivity index (χ3n) is 9.19. The van der Waals surface area contributed by atoms with E-state index in [0.29, 0.717) is 11.5 Å². The van der Waals surface area contributed by atoms with Crippen LogP contribution in [0.5, 0.6) is 0 Å². The molecule has 7 aromatic carbocycles. The zero-order chi connectivity index (χ0) is 33.9. The molecule has 50 heavy (non-hydrogen) atoms. The van der Waals surface area contributed by atoms with Gasteiger partial charge in [0.15, 0.2) is 5.84 Å². The molecule has 0 N–H and O–H groups in total. The highest BCUT2D eigenvalue weighted by Gasteiger charge is 2.13. The average molecular weight is 642 g/mol. The van der Waals surface area contributed by atoms with Crippen LogP contribution in [0.3, 0.4) is 0 Å². The fourth-order valence-corrected chi connectivity index (χ4v) is 6.77. The molecule has 3 heteroatoms. The molecule has 8 rings (SSSR count). The minimum atomic E-state index is 0.601. The van der Waals surface area contributed by atoms with Crippen molar-refractivity contribution in [1.82, 2.24) is 4.57 Å². The Morgan fingerprint density at radius 1 is 0.420 bits per heavy atom. The van der Waals surface area contributed by atoms with Gasteiger partial charge in [-0.05, 0) is 63.9 Å². The molecular formula is C47H35N3. The third-order valence-corrected chi connectivity index (χ3v) is 9.19. The molecule has 0 atom stereocenters. The first-order chi connectivity index (χ1) is 24.7. The van der Waals surface area contributed by atoms with E-state index in [0.717, 1.165) is 49.9 Å². The lowest BCUT2D eigenvalue weighted by molar-refractivity contribution is 1.17. The normalized spacial score (nSPS) is 12.0. The van der Waals surface area contributed by atoms with E-state index in [1.807, 2.05) is 55.5 Å². The van der Waals surface area contributed by atoms with Gasteiger partial charge in [-0.25, -0.2) is 9.98 Å². The van der Waals surface area contributed by atoms with Gasteiger partial charge in [0.05, 0.1) is 16.7 Å². The zero-order valence-corrected chi connectivity index (χ0v) is 27.9. The second kappa shape index (κ2) is 13.5. The van der Waals surface area contributed by atoms with Gasteiger partial charge in [0.1, 0.15) is 0 Å². The first kappa shape index (κ1) is 30.7. The Bertz CT molecular complexity index is 2560. The Morgan fingerprint density at radius 2 is 0.840 bits per heavy atom. The Morgan fingerprint density at radius 3 is 1.38 bits per heavy atom. The van der Waals surface area contributed by atoms with Crippen LogP contribution in [0.4, 0.5) is 0 Å². The van der Waals surface area contributed by atoms with Crippen LogP contribution >= 0.6 is 0 Å². The van der Waals surface area contributed by atoms with E-state index >= 15 is 0 Å². The summed E-state index contributed by atoms with van der Waals surface area (Å²) in [5, 5.41) is 7.11. The van der Waals surface area contributed by atoms with Crippen LogP contribution in [-0.4, -0.2) is 16.1 Å². The van der Waals surface area contributed by atoms with Crippen LogP contribution in [-0.2, 0) is 0 Å². The number of amidine groups is 1. The number of aliphatic imine (C=N–C) groups is 2. The van der Waals surface area contributed by atoms with Gasteiger partial charge in [0.25, 0.3) is 0 Å². The van der Waals surface area contributed by atoms with E-state index < -0.39 is 0 Å². The monoisotopic (exact) mass is 641 g/mol. The smallest absolute Gasteiger partial charge is 0.160 e. The molecule has 0 aliphatic heterocycles. The highest BCUT2D eigenvalue weighted by Crippen LogP contribution is 2.34. The molecular weight excluding hydrogens is 607 g/mol. The van der Waals surface area contributed by atoms with E-state index in [9.17, 15) is 0 Å². The maximum atomic E-state index is 5.15. The zero-order valence-electron chi connectivity index (χ0n) is 27.9. The minimum Gasteiger partial charge on any atom is -0.309 e. The van der Waals surface area contributed by atoms with Crippen molar-refractivity contribution in [2.24, 2.45) is 9.98 Å². The van der Waals surface area contributed by atoms with E-state index in [4.69, 9.17) is 9.98 Å². The van der Waals surface area contributed by atoms with Crippen LogP contribution in [0.2, 0.25) is 0 Å². The molecule has 0 bridgehead atoms. The summed E-state index contributed by atoms with van der Waals surface area (Å²) in [7, 11) is 0. The standard InChI is InChI=1S/C47H35N3/c1-33(35-18-5-3-6-19-35)48-47(49-34(2)36-20-7-4-8-21-36)37-22-17-23-38(32-37)50-45-30-15-13-28-43(45)41-26-11-9-24-39(41)40-25-10-12-27-42(40)44-29-14-16-31-46(44)50/h3-32H,1H2,2H3.